The van der Waals surface area contributed by atoms with E-state index in [1.807, 2.05) is 7.05 Å². The van der Waals surface area contributed by atoms with Crippen LogP contribution >= 0.6 is 0 Å². The molecule has 0 amide bonds. The highest BCUT2D eigenvalue weighted by atomic mass is 15.2. The quantitative estimate of drug-likeness (QED) is 0.820. The van der Waals surface area contributed by atoms with E-state index in [1.165, 1.54) is 25.7 Å². The molecule has 0 aromatic carbocycles. The van der Waals surface area contributed by atoms with Crippen molar-refractivity contribution in [1.82, 2.24) is 4.98 Å². The zero-order valence-corrected chi connectivity index (χ0v) is 9.48. The number of hydrogen-bond donors (Lipinski definition) is 1. The SMILES string of the molecule is CN(c1nccc(C#N)c1N)C1CCCC1. The lowest BCUT2D eigenvalue weighted by atomic mass is 10.2. The summed E-state index contributed by atoms with van der Waals surface area (Å²) in [6, 6.07) is 4.26. The Morgan fingerprint density at radius 1 is 1.50 bits per heavy atom. The van der Waals surface area contributed by atoms with Crippen molar-refractivity contribution in [3.8, 4) is 6.07 Å². The lowest BCUT2D eigenvalue weighted by molar-refractivity contribution is 0.647. The average Bonchev–Trinajstić information content (AvgIpc) is 2.82. The summed E-state index contributed by atoms with van der Waals surface area (Å²) in [7, 11) is 2.01. The molecule has 0 spiro atoms. The van der Waals surface area contributed by atoms with Crippen molar-refractivity contribution in [2.45, 2.75) is 31.7 Å². The number of aromatic nitrogens is 1. The fourth-order valence-corrected chi connectivity index (χ4v) is 2.31. The Labute approximate surface area is 95.7 Å². The molecular formula is C12H16N4. The second-order valence-corrected chi connectivity index (χ2v) is 4.26. The molecule has 16 heavy (non-hydrogen) atoms. The fourth-order valence-electron chi connectivity index (χ4n) is 2.31. The van der Waals surface area contributed by atoms with Crippen molar-refractivity contribution in [2.75, 3.05) is 17.7 Å². The van der Waals surface area contributed by atoms with Gasteiger partial charge in [0, 0.05) is 19.3 Å². The largest absolute Gasteiger partial charge is 0.395 e. The smallest absolute Gasteiger partial charge is 0.153 e. The molecule has 4 heteroatoms. The molecule has 1 aliphatic rings. The van der Waals surface area contributed by atoms with Gasteiger partial charge in [-0.25, -0.2) is 4.98 Å². The third-order valence-electron chi connectivity index (χ3n) is 3.30. The second-order valence-electron chi connectivity index (χ2n) is 4.26. The summed E-state index contributed by atoms with van der Waals surface area (Å²) in [4.78, 5) is 6.40. The van der Waals surface area contributed by atoms with Gasteiger partial charge in [-0.3, -0.25) is 0 Å². The van der Waals surface area contributed by atoms with Crippen LogP contribution in [0, 0.1) is 11.3 Å². The van der Waals surface area contributed by atoms with Gasteiger partial charge in [-0.1, -0.05) is 12.8 Å². The topological polar surface area (TPSA) is 65.9 Å². The van der Waals surface area contributed by atoms with E-state index in [0.29, 0.717) is 17.3 Å². The van der Waals surface area contributed by atoms with Gasteiger partial charge in [0.15, 0.2) is 5.82 Å². The molecule has 0 bridgehead atoms. The van der Waals surface area contributed by atoms with Crippen molar-refractivity contribution in [3.05, 3.63) is 17.8 Å². The molecule has 1 aliphatic carbocycles. The molecule has 1 aromatic rings. The standard InChI is InChI=1S/C12H16N4/c1-16(10-4-2-3-5-10)12-11(14)9(8-13)6-7-15-12/h6-7,10H,2-5,14H2,1H3. The normalized spacial score (nSPS) is 16.0. The molecule has 0 saturated heterocycles. The lowest BCUT2D eigenvalue weighted by Gasteiger charge is -2.26. The van der Waals surface area contributed by atoms with Crippen molar-refractivity contribution in [3.63, 3.8) is 0 Å². The highest BCUT2D eigenvalue weighted by Crippen LogP contribution is 2.30. The summed E-state index contributed by atoms with van der Waals surface area (Å²) in [6.07, 6.45) is 6.57. The molecule has 0 radical (unpaired) electrons. The summed E-state index contributed by atoms with van der Waals surface area (Å²) in [6.45, 7) is 0. The van der Waals surface area contributed by atoms with Gasteiger partial charge >= 0.3 is 0 Å². The maximum Gasteiger partial charge on any atom is 0.153 e. The maximum absolute atomic E-state index is 8.91. The minimum Gasteiger partial charge on any atom is -0.395 e. The van der Waals surface area contributed by atoms with E-state index in [2.05, 4.69) is 16.0 Å². The highest BCUT2D eigenvalue weighted by Gasteiger charge is 2.22. The predicted molar refractivity (Wildman–Crippen MR) is 64.0 cm³/mol. The van der Waals surface area contributed by atoms with Crippen LogP contribution in [0.2, 0.25) is 0 Å². The first-order chi connectivity index (χ1) is 7.74. The third kappa shape index (κ3) is 1.81. The van der Waals surface area contributed by atoms with Crippen molar-refractivity contribution in [2.24, 2.45) is 0 Å². The zero-order valence-electron chi connectivity index (χ0n) is 9.48. The summed E-state index contributed by atoms with van der Waals surface area (Å²) < 4.78 is 0. The lowest BCUT2D eigenvalue weighted by Crippen LogP contribution is -2.30. The van der Waals surface area contributed by atoms with Gasteiger partial charge in [0.05, 0.1) is 11.3 Å². The molecule has 0 atom stereocenters. The van der Waals surface area contributed by atoms with Crippen LogP contribution in [0.25, 0.3) is 0 Å². The molecule has 2 N–H and O–H groups in total. The summed E-state index contributed by atoms with van der Waals surface area (Å²) >= 11 is 0. The predicted octanol–water partition coefficient (Wildman–Crippen LogP) is 1.91. The summed E-state index contributed by atoms with van der Waals surface area (Å²) in [5.74, 6) is 0.742. The van der Waals surface area contributed by atoms with Crippen molar-refractivity contribution in [1.29, 1.82) is 5.26 Å². The van der Waals surface area contributed by atoms with Crippen LogP contribution in [-0.4, -0.2) is 18.1 Å². The molecule has 1 aromatic heterocycles. The highest BCUT2D eigenvalue weighted by molar-refractivity contribution is 5.70. The van der Waals surface area contributed by atoms with Gasteiger partial charge in [-0.05, 0) is 18.9 Å². The Hall–Kier alpha value is -1.76. The van der Waals surface area contributed by atoms with E-state index in [1.54, 1.807) is 12.3 Å². The van der Waals surface area contributed by atoms with Gasteiger partial charge in [-0.2, -0.15) is 5.26 Å². The molecule has 0 aliphatic heterocycles. The first-order valence-electron chi connectivity index (χ1n) is 5.61. The second kappa shape index (κ2) is 4.40. The number of nitrogens with two attached hydrogens (primary N) is 1. The molecular weight excluding hydrogens is 200 g/mol. The van der Waals surface area contributed by atoms with E-state index in [-0.39, 0.29) is 0 Å². The van der Waals surface area contributed by atoms with Gasteiger partial charge in [0.25, 0.3) is 0 Å². The van der Waals surface area contributed by atoms with Crippen LogP contribution < -0.4 is 10.6 Å². The monoisotopic (exact) mass is 216 g/mol. The summed E-state index contributed by atoms with van der Waals surface area (Å²) in [5.41, 5.74) is 6.94. The fraction of sp³-hybridized carbons (Fsp3) is 0.500. The van der Waals surface area contributed by atoms with E-state index >= 15 is 0 Å². The zero-order chi connectivity index (χ0) is 11.5. The molecule has 2 rings (SSSR count). The molecule has 1 saturated carbocycles. The number of nitrogens with zero attached hydrogens (tertiary/aromatic N) is 3. The molecule has 0 unspecified atom stereocenters. The van der Waals surface area contributed by atoms with E-state index in [0.717, 1.165) is 5.82 Å². The Morgan fingerprint density at radius 3 is 2.81 bits per heavy atom. The van der Waals surface area contributed by atoms with Crippen LogP contribution in [-0.2, 0) is 0 Å². The van der Waals surface area contributed by atoms with E-state index in [4.69, 9.17) is 11.0 Å². The minimum absolute atomic E-state index is 0.499. The first kappa shape index (κ1) is 10.7. The first-order valence-corrected chi connectivity index (χ1v) is 5.61. The van der Waals surface area contributed by atoms with E-state index in [9.17, 15) is 0 Å². The van der Waals surface area contributed by atoms with Crippen LogP contribution in [0.15, 0.2) is 12.3 Å². The third-order valence-corrected chi connectivity index (χ3v) is 3.30. The Morgan fingerprint density at radius 2 is 2.19 bits per heavy atom. The maximum atomic E-state index is 8.91. The van der Waals surface area contributed by atoms with Crippen LogP contribution in [0.4, 0.5) is 11.5 Å². The van der Waals surface area contributed by atoms with Gasteiger partial charge in [0.2, 0.25) is 0 Å². The number of anilines is 2. The van der Waals surface area contributed by atoms with Crippen molar-refractivity contribution >= 4 is 11.5 Å². The number of rotatable bonds is 2. The van der Waals surface area contributed by atoms with Crippen molar-refractivity contribution < 1.29 is 0 Å². The number of pyridine rings is 1. The van der Waals surface area contributed by atoms with Crippen LogP contribution in [0.5, 0.6) is 0 Å². The molecule has 4 nitrogen and oxygen atoms in total. The molecule has 84 valence electrons. The molecule has 1 fully saturated rings. The minimum atomic E-state index is 0.499. The Bertz CT molecular complexity index is 416. The van der Waals surface area contributed by atoms with Crippen LogP contribution in [0.3, 0.4) is 0 Å². The van der Waals surface area contributed by atoms with Gasteiger partial charge in [0.1, 0.15) is 6.07 Å². The van der Waals surface area contributed by atoms with E-state index < -0.39 is 0 Å². The summed E-state index contributed by atoms with van der Waals surface area (Å²) in [5, 5.41) is 8.91. The Kier molecular flexibility index (Phi) is 2.95. The Balaban J connectivity index is 2.29. The molecule has 1 heterocycles. The number of hydrogen-bond acceptors (Lipinski definition) is 4. The van der Waals surface area contributed by atoms with Gasteiger partial charge in [-0.15, -0.1) is 0 Å². The number of nitriles is 1. The van der Waals surface area contributed by atoms with Gasteiger partial charge < -0.3 is 10.6 Å². The average molecular weight is 216 g/mol. The van der Waals surface area contributed by atoms with Crippen LogP contribution in [0.1, 0.15) is 31.2 Å². The number of nitrogen functional groups attached to an aromatic ring is 1.